The number of rotatable bonds is 4. The van der Waals surface area contributed by atoms with Gasteiger partial charge in [0, 0.05) is 26.2 Å². The Morgan fingerprint density at radius 1 is 1.00 bits per heavy atom. The van der Waals surface area contributed by atoms with Gasteiger partial charge in [-0.15, -0.1) is 0 Å². The van der Waals surface area contributed by atoms with E-state index in [4.69, 9.17) is 4.98 Å². The maximum atomic E-state index is 13.4. The molecule has 0 radical (unpaired) electrons. The van der Waals surface area contributed by atoms with Crippen LogP contribution in [0.1, 0.15) is 16.5 Å². The van der Waals surface area contributed by atoms with Crippen LogP contribution in [-0.2, 0) is 9.84 Å². The number of nitrogens with zero attached hydrogens (tertiary/aromatic N) is 5. The quantitative estimate of drug-likeness (QED) is 0.640. The first kappa shape index (κ1) is 20.3. The van der Waals surface area contributed by atoms with Crippen LogP contribution in [0.4, 0.5) is 5.82 Å². The van der Waals surface area contributed by atoms with Crippen molar-refractivity contribution in [2.75, 3.05) is 38.1 Å². The van der Waals surface area contributed by atoms with E-state index >= 15 is 0 Å². The Morgan fingerprint density at radius 2 is 1.67 bits per heavy atom. The van der Waals surface area contributed by atoms with E-state index in [1.54, 1.807) is 18.2 Å². The second kappa shape index (κ2) is 8.01. The van der Waals surface area contributed by atoms with Crippen LogP contribution < -0.4 is 4.90 Å². The molecular weight excluding hydrogens is 398 g/mol. The zero-order chi connectivity index (χ0) is 21.3. The molecule has 1 aliphatic heterocycles. The van der Waals surface area contributed by atoms with Crippen molar-refractivity contribution >= 4 is 26.7 Å². The third kappa shape index (κ3) is 3.74. The number of fused-ring (bicyclic) bond motifs is 1. The molecule has 8 heteroatoms. The first-order valence-corrected chi connectivity index (χ1v) is 11.3. The number of likely N-dealkylation sites (N-methyl/N-ethyl adjacent to an activating group) is 1. The molecule has 0 amide bonds. The van der Waals surface area contributed by atoms with Crippen LogP contribution in [0.3, 0.4) is 0 Å². The van der Waals surface area contributed by atoms with Crippen molar-refractivity contribution in [3.8, 4) is 6.07 Å². The zero-order valence-corrected chi connectivity index (χ0v) is 17.8. The van der Waals surface area contributed by atoms with Crippen LogP contribution in [0.15, 0.2) is 53.4 Å². The number of hydrogen-bond acceptors (Lipinski definition) is 7. The Morgan fingerprint density at radius 3 is 2.30 bits per heavy atom. The highest BCUT2D eigenvalue weighted by atomic mass is 32.2. The molecule has 2 heterocycles. The lowest BCUT2D eigenvalue weighted by Crippen LogP contribution is -2.45. The molecule has 0 saturated carbocycles. The molecule has 0 unspecified atom stereocenters. The molecule has 1 aliphatic rings. The van der Waals surface area contributed by atoms with Gasteiger partial charge in [-0.25, -0.2) is 18.4 Å². The summed E-state index contributed by atoms with van der Waals surface area (Å²) in [5, 5.41) is 8.52. The summed E-state index contributed by atoms with van der Waals surface area (Å²) in [6, 6.07) is 16.0. The minimum absolute atomic E-state index is 0.119. The van der Waals surface area contributed by atoms with Crippen molar-refractivity contribution < 1.29 is 8.42 Å². The van der Waals surface area contributed by atoms with E-state index in [0.29, 0.717) is 29.9 Å². The highest BCUT2D eigenvalue weighted by molar-refractivity contribution is 7.92. The van der Waals surface area contributed by atoms with Crippen molar-refractivity contribution in [1.29, 1.82) is 5.26 Å². The van der Waals surface area contributed by atoms with E-state index in [2.05, 4.69) is 9.88 Å². The third-order valence-electron chi connectivity index (χ3n) is 5.37. The summed E-state index contributed by atoms with van der Waals surface area (Å²) >= 11 is 0. The third-order valence-corrected chi connectivity index (χ3v) is 7.24. The molecule has 0 spiro atoms. The highest BCUT2D eigenvalue weighted by Gasteiger charge is 2.35. The summed E-state index contributed by atoms with van der Waals surface area (Å²) in [6.07, 6.45) is 0. The van der Waals surface area contributed by atoms with Gasteiger partial charge in [0.05, 0.1) is 22.0 Å². The van der Waals surface area contributed by atoms with Gasteiger partial charge < -0.3 is 9.80 Å². The Balaban J connectivity index is 1.89. The number of hydrogen-bond donors (Lipinski definition) is 0. The van der Waals surface area contributed by atoms with Crippen molar-refractivity contribution in [3.63, 3.8) is 0 Å². The zero-order valence-electron chi connectivity index (χ0n) is 17.0. The topological polar surface area (TPSA) is 90.2 Å². The summed E-state index contributed by atoms with van der Waals surface area (Å²) < 4.78 is 26.8. The van der Waals surface area contributed by atoms with Crippen molar-refractivity contribution in [2.45, 2.75) is 17.1 Å². The molecule has 1 saturated heterocycles. The molecular formula is C22H23N5O2S. The molecule has 7 nitrogen and oxygen atoms in total. The maximum absolute atomic E-state index is 13.4. The Kier molecular flexibility index (Phi) is 5.41. The molecule has 2 aromatic carbocycles. The molecule has 1 aromatic heterocycles. The van der Waals surface area contributed by atoms with Crippen molar-refractivity contribution in [3.05, 3.63) is 59.8 Å². The van der Waals surface area contributed by atoms with Crippen LogP contribution in [0.2, 0.25) is 0 Å². The number of anilines is 1. The highest BCUT2D eigenvalue weighted by Crippen LogP contribution is 2.34. The number of aromatic nitrogens is 2. The average Bonchev–Trinajstić information content (AvgIpc) is 2.74. The number of sulfone groups is 1. The number of nitriles is 1. The predicted octanol–water partition coefficient (Wildman–Crippen LogP) is 2.73. The minimum Gasteiger partial charge on any atom is -0.352 e. The van der Waals surface area contributed by atoms with Gasteiger partial charge in [-0.05, 0) is 43.8 Å². The van der Waals surface area contributed by atoms with E-state index in [0.717, 1.165) is 18.7 Å². The van der Waals surface area contributed by atoms with Crippen LogP contribution in [-0.4, -0.2) is 56.5 Å². The Bertz CT molecular complexity index is 1230. The molecule has 1 atom stereocenters. The van der Waals surface area contributed by atoms with Crippen LogP contribution in [0, 0.1) is 18.3 Å². The van der Waals surface area contributed by atoms with E-state index < -0.39 is 15.1 Å². The summed E-state index contributed by atoms with van der Waals surface area (Å²) in [5.74, 6) is 0.476. The number of para-hydroxylation sites is 2. The van der Waals surface area contributed by atoms with Crippen LogP contribution in [0.25, 0.3) is 11.0 Å². The number of benzene rings is 2. The predicted molar refractivity (Wildman–Crippen MR) is 116 cm³/mol. The Hall–Kier alpha value is -3.02. The average molecular weight is 422 g/mol. The molecule has 4 rings (SSSR count). The molecule has 0 bridgehead atoms. The molecule has 0 N–H and O–H groups in total. The van der Waals surface area contributed by atoms with Gasteiger partial charge >= 0.3 is 0 Å². The van der Waals surface area contributed by atoms with Crippen molar-refractivity contribution in [2.24, 2.45) is 0 Å². The van der Waals surface area contributed by atoms with Gasteiger partial charge in [-0.1, -0.05) is 24.3 Å². The molecule has 154 valence electrons. The van der Waals surface area contributed by atoms with Crippen molar-refractivity contribution in [1.82, 2.24) is 14.9 Å². The van der Waals surface area contributed by atoms with Gasteiger partial charge in [0.1, 0.15) is 5.69 Å². The minimum atomic E-state index is -3.97. The maximum Gasteiger partial charge on any atom is 0.200 e. The lowest BCUT2D eigenvalue weighted by Gasteiger charge is -2.34. The first-order chi connectivity index (χ1) is 14.4. The van der Waals surface area contributed by atoms with Gasteiger partial charge in [0.15, 0.2) is 11.1 Å². The van der Waals surface area contributed by atoms with Gasteiger partial charge in [-0.3, -0.25) is 0 Å². The van der Waals surface area contributed by atoms with E-state index in [-0.39, 0.29) is 10.6 Å². The normalized spacial score (nSPS) is 16.4. The second-order valence-corrected chi connectivity index (χ2v) is 9.61. The fourth-order valence-electron chi connectivity index (χ4n) is 3.64. The molecule has 3 aromatic rings. The SMILES string of the molecule is Cc1cccc(S(=O)(=O)[C@@H](C#N)c2nc3ccccc3nc2N2CCN(C)CC2)c1. The standard InChI is InChI=1S/C22H23N5O2S/c1-16-6-5-7-17(14-16)30(28,29)20(15-23)21-22(27-12-10-26(2)11-13-27)25-19-9-4-3-8-18(19)24-21/h3-9,14,20H,10-13H2,1-2H3/t20-/m0/s1. The van der Waals surface area contributed by atoms with E-state index in [1.807, 2.05) is 49.2 Å². The molecule has 1 fully saturated rings. The lowest BCUT2D eigenvalue weighted by molar-refractivity contribution is 0.312. The summed E-state index contributed by atoms with van der Waals surface area (Å²) in [6.45, 7) is 4.87. The van der Waals surface area contributed by atoms with E-state index in [9.17, 15) is 13.7 Å². The van der Waals surface area contributed by atoms with Crippen LogP contribution in [0.5, 0.6) is 0 Å². The summed E-state index contributed by atoms with van der Waals surface area (Å²) in [5.41, 5.74) is 2.27. The molecule has 30 heavy (non-hydrogen) atoms. The van der Waals surface area contributed by atoms with E-state index in [1.165, 1.54) is 6.07 Å². The lowest BCUT2D eigenvalue weighted by atomic mass is 10.2. The fraction of sp³-hybridized carbons (Fsp3) is 0.318. The monoisotopic (exact) mass is 421 g/mol. The number of piperazine rings is 1. The summed E-state index contributed by atoms with van der Waals surface area (Å²) in [7, 11) is -1.92. The summed E-state index contributed by atoms with van der Waals surface area (Å²) in [4.78, 5) is 13.7. The second-order valence-electron chi connectivity index (χ2n) is 7.58. The van der Waals surface area contributed by atoms with Gasteiger partial charge in [0.25, 0.3) is 0 Å². The van der Waals surface area contributed by atoms with Gasteiger partial charge in [-0.2, -0.15) is 5.26 Å². The fourth-order valence-corrected chi connectivity index (χ4v) is 5.12. The largest absolute Gasteiger partial charge is 0.352 e. The smallest absolute Gasteiger partial charge is 0.200 e. The number of aryl methyl sites for hydroxylation is 1. The Labute approximate surface area is 176 Å². The van der Waals surface area contributed by atoms with Crippen LogP contribution >= 0.6 is 0 Å². The van der Waals surface area contributed by atoms with Gasteiger partial charge in [0.2, 0.25) is 9.84 Å². The molecule has 0 aliphatic carbocycles. The first-order valence-electron chi connectivity index (χ1n) is 9.80.